The SMILES string of the molecule is O=C(O)CC1COCCN1C(=O)CC(Cc1ccccc1)c1ccccc1. The molecule has 1 amide bonds. The van der Waals surface area contributed by atoms with E-state index in [4.69, 9.17) is 9.84 Å². The summed E-state index contributed by atoms with van der Waals surface area (Å²) in [4.78, 5) is 25.9. The molecule has 5 nitrogen and oxygen atoms in total. The van der Waals surface area contributed by atoms with Gasteiger partial charge in [0.2, 0.25) is 5.91 Å². The molecule has 1 saturated heterocycles. The molecule has 5 heteroatoms. The second-order valence-corrected chi connectivity index (χ2v) is 6.92. The topological polar surface area (TPSA) is 66.8 Å². The molecule has 27 heavy (non-hydrogen) atoms. The molecule has 0 aromatic heterocycles. The first kappa shape index (κ1) is 19.1. The number of carbonyl (C=O) groups excluding carboxylic acids is 1. The van der Waals surface area contributed by atoms with E-state index in [-0.39, 0.29) is 24.9 Å². The van der Waals surface area contributed by atoms with Crippen LogP contribution in [0.15, 0.2) is 60.7 Å². The van der Waals surface area contributed by atoms with E-state index in [9.17, 15) is 9.59 Å². The first-order valence-electron chi connectivity index (χ1n) is 9.31. The quantitative estimate of drug-likeness (QED) is 0.817. The molecule has 2 aromatic carbocycles. The van der Waals surface area contributed by atoms with Gasteiger partial charge < -0.3 is 14.7 Å². The molecule has 0 bridgehead atoms. The minimum Gasteiger partial charge on any atom is -0.481 e. The minimum absolute atomic E-state index is 0.00525. The van der Waals surface area contributed by atoms with Crippen molar-refractivity contribution in [1.82, 2.24) is 4.90 Å². The fourth-order valence-electron chi connectivity index (χ4n) is 3.61. The third kappa shape index (κ3) is 5.41. The maximum atomic E-state index is 13.0. The molecule has 1 aliphatic rings. The molecule has 0 spiro atoms. The summed E-state index contributed by atoms with van der Waals surface area (Å²) in [7, 11) is 0. The number of ether oxygens (including phenoxy) is 1. The molecule has 2 aromatic rings. The van der Waals surface area contributed by atoms with Crippen LogP contribution in [0, 0.1) is 0 Å². The van der Waals surface area contributed by atoms with Gasteiger partial charge in [-0.3, -0.25) is 9.59 Å². The fraction of sp³-hybridized carbons (Fsp3) is 0.364. The lowest BCUT2D eigenvalue weighted by molar-refractivity contribution is -0.146. The predicted octanol–water partition coefficient (Wildman–Crippen LogP) is 3.11. The third-order valence-corrected chi connectivity index (χ3v) is 4.98. The number of hydrogen-bond donors (Lipinski definition) is 1. The van der Waals surface area contributed by atoms with E-state index in [2.05, 4.69) is 24.3 Å². The predicted molar refractivity (Wildman–Crippen MR) is 103 cm³/mol. The van der Waals surface area contributed by atoms with Gasteiger partial charge in [-0.1, -0.05) is 60.7 Å². The van der Waals surface area contributed by atoms with Gasteiger partial charge in [0.1, 0.15) is 0 Å². The van der Waals surface area contributed by atoms with Crippen molar-refractivity contribution in [3.63, 3.8) is 0 Å². The number of benzene rings is 2. The largest absolute Gasteiger partial charge is 0.481 e. The molecular weight excluding hydrogens is 342 g/mol. The monoisotopic (exact) mass is 367 g/mol. The van der Waals surface area contributed by atoms with Gasteiger partial charge in [-0.2, -0.15) is 0 Å². The number of morpholine rings is 1. The van der Waals surface area contributed by atoms with Crippen LogP contribution in [0.25, 0.3) is 0 Å². The lowest BCUT2D eigenvalue weighted by atomic mass is 9.88. The van der Waals surface area contributed by atoms with Crippen LogP contribution in [-0.4, -0.2) is 47.7 Å². The molecule has 142 valence electrons. The van der Waals surface area contributed by atoms with E-state index < -0.39 is 12.0 Å². The summed E-state index contributed by atoms with van der Waals surface area (Å²) in [5.41, 5.74) is 2.31. The molecule has 1 N–H and O–H groups in total. The molecule has 0 radical (unpaired) electrons. The highest BCUT2D eigenvalue weighted by Crippen LogP contribution is 2.26. The van der Waals surface area contributed by atoms with Crippen LogP contribution in [0.3, 0.4) is 0 Å². The van der Waals surface area contributed by atoms with Crippen LogP contribution in [0.5, 0.6) is 0 Å². The molecule has 1 heterocycles. The number of amides is 1. The normalized spacial score (nSPS) is 18.1. The van der Waals surface area contributed by atoms with Gasteiger partial charge in [-0.15, -0.1) is 0 Å². The number of aliphatic carboxylic acids is 1. The van der Waals surface area contributed by atoms with E-state index in [1.165, 1.54) is 5.56 Å². The highest BCUT2D eigenvalue weighted by Gasteiger charge is 2.30. The number of carboxylic acid groups (broad SMARTS) is 1. The standard InChI is InChI=1S/C22H25NO4/c24-21(23-11-12-27-16-20(23)15-22(25)26)14-19(18-9-5-2-6-10-18)13-17-7-3-1-4-8-17/h1-10,19-20H,11-16H2,(H,25,26). The van der Waals surface area contributed by atoms with Gasteiger partial charge in [0, 0.05) is 13.0 Å². The van der Waals surface area contributed by atoms with Gasteiger partial charge in [0.05, 0.1) is 25.7 Å². The van der Waals surface area contributed by atoms with Crippen molar-refractivity contribution in [3.05, 3.63) is 71.8 Å². The van der Waals surface area contributed by atoms with Gasteiger partial charge in [0.25, 0.3) is 0 Å². The zero-order valence-electron chi connectivity index (χ0n) is 15.3. The first-order chi connectivity index (χ1) is 13.1. The summed E-state index contributed by atoms with van der Waals surface area (Å²) in [5.74, 6) is -0.865. The number of hydrogen-bond acceptors (Lipinski definition) is 3. The number of nitrogens with zero attached hydrogens (tertiary/aromatic N) is 1. The summed E-state index contributed by atoms with van der Waals surface area (Å²) in [6.45, 7) is 1.19. The van der Waals surface area contributed by atoms with Gasteiger partial charge in [-0.25, -0.2) is 0 Å². The molecule has 2 unspecified atom stereocenters. The minimum atomic E-state index is -0.910. The smallest absolute Gasteiger partial charge is 0.305 e. The number of rotatable bonds is 7. The Labute approximate surface area is 159 Å². The summed E-state index contributed by atoms with van der Waals surface area (Å²) in [5, 5.41) is 9.13. The van der Waals surface area contributed by atoms with Crippen molar-refractivity contribution < 1.29 is 19.4 Å². The molecule has 1 aliphatic heterocycles. The Kier molecular flexibility index (Phi) is 6.60. The number of carbonyl (C=O) groups is 2. The van der Waals surface area contributed by atoms with E-state index in [0.717, 1.165) is 12.0 Å². The summed E-state index contributed by atoms with van der Waals surface area (Å²) >= 11 is 0. The van der Waals surface area contributed by atoms with E-state index >= 15 is 0 Å². The van der Waals surface area contributed by atoms with Crippen molar-refractivity contribution >= 4 is 11.9 Å². The summed E-state index contributed by atoms with van der Waals surface area (Å²) in [6.07, 6.45) is 1.04. The Morgan fingerprint density at radius 1 is 1.07 bits per heavy atom. The average molecular weight is 367 g/mol. The van der Waals surface area contributed by atoms with Crippen molar-refractivity contribution in [1.29, 1.82) is 0 Å². The summed E-state index contributed by atoms with van der Waals surface area (Å²) < 4.78 is 5.39. The maximum Gasteiger partial charge on any atom is 0.305 e. The van der Waals surface area contributed by atoms with Crippen molar-refractivity contribution in [2.24, 2.45) is 0 Å². The average Bonchev–Trinajstić information content (AvgIpc) is 2.69. The third-order valence-electron chi connectivity index (χ3n) is 4.98. The van der Waals surface area contributed by atoms with Crippen molar-refractivity contribution in [2.75, 3.05) is 19.8 Å². The van der Waals surface area contributed by atoms with Crippen LogP contribution >= 0.6 is 0 Å². The lowest BCUT2D eigenvalue weighted by Gasteiger charge is -2.35. The lowest BCUT2D eigenvalue weighted by Crippen LogP contribution is -2.49. The molecular formula is C22H25NO4. The second-order valence-electron chi connectivity index (χ2n) is 6.92. The van der Waals surface area contributed by atoms with Crippen molar-refractivity contribution in [3.8, 4) is 0 Å². The van der Waals surface area contributed by atoms with E-state index in [1.54, 1.807) is 4.90 Å². The van der Waals surface area contributed by atoms with Crippen LogP contribution < -0.4 is 0 Å². The fourth-order valence-corrected chi connectivity index (χ4v) is 3.61. The van der Waals surface area contributed by atoms with Crippen LogP contribution in [0.1, 0.15) is 29.9 Å². The Balaban J connectivity index is 1.76. The zero-order chi connectivity index (χ0) is 19.1. The highest BCUT2D eigenvalue weighted by atomic mass is 16.5. The Morgan fingerprint density at radius 3 is 2.41 bits per heavy atom. The maximum absolute atomic E-state index is 13.0. The molecule has 3 rings (SSSR count). The van der Waals surface area contributed by atoms with Gasteiger partial charge in [0.15, 0.2) is 0 Å². The Hall–Kier alpha value is -2.66. The Morgan fingerprint density at radius 2 is 1.74 bits per heavy atom. The Bertz CT molecular complexity index is 747. The number of carboxylic acids is 1. The van der Waals surface area contributed by atoms with Crippen LogP contribution in [0.2, 0.25) is 0 Å². The van der Waals surface area contributed by atoms with Gasteiger partial charge in [-0.05, 0) is 23.5 Å². The molecule has 2 atom stereocenters. The molecule has 1 fully saturated rings. The molecule has 0 saturated carbocycles. The second kappa shape index (κ2) is 9.33. The van der Waals surface area contributed by atoms with E-state index in [1.807, 2.05) is 36.4 Å². The zero-order valence-corrected chi connectivity index (χ0v) is 15.3. The summed E-state index contributed by atoms with van der Waals surface area (Å²) in [6, 6.07) is 19.8. The highest BCUT2D eigenvalue weighted by molar-refractivity contribution is 5.78. The van der Waals surface area contributed by atoms with Crippen molar-refractivity contribution in [2.45, 2.75) is 31.2 Å². The van der Waals surface area contributed by atoms with E-state index in [0.29, 0.717) is 19.6 Å². The molecule has 0 aliphatic carbocycles. The van der Waals surface area contributed by atoms with Crippen LogP contribution in [0.4, 0.5) is 0 Å². The van der Waals surface area contributed by atoms with Crippen LogP contribution in [-0.2, 0) is 20.7 Å². The van der Waals surface area contributed by atoms with Gasteiger partial charge >= 0.3 is 5.97 Å². The first-order valence-corrected chi connectivity index (χ1v) is 9.31.